The molecule has 38 heavy (non-hydrogen) atoms. The smallest absolute Gasteiger partial charge is 0.287 e. The Morgan fingerprint density at radius 2 is 1.55 bits per heavy atom. The zero-order chi connectivity index (χ0) is 26.7. The molecule has 0 bridgehead atoms. The Bertz CT molecular complexity index is 1340. The Kier molecular flexibility index (Phi) is 10.2. The van der Waals surface area contributed by atoms with Crippen molar-refractivity contribution in [1.29, 1.82) is 0 Å². The lowest BCUT2D eigenvalue weighted by Gasteiger charge is -2.06. The molecule has 0 unspecified atom stereocenters. The molecule has 0 saturated carbocycles. The van der Waals surface area contributed by atoms with Crippen molar-refractivity contribution in [3.8, 4) is 22.1 Å². The number of halogens is 2. The number of carbonyl (C=O) groups is 2. The van der Waals surface area contributed by atoms with Crippen molar-refractivity contribution in [3.05, 3.63) is 87.6 Å². The maximum atomic E-state index is 12.2. The molecule has 0 aliphatic heterocycles. The maximum Gasteiger partial charge on any atom is 0.287 e. The first-order chi connectivity index (χ1) is 18.5. The zero-order valence-corrected chi connectivity index (χ0v) is 22.9. The number of pyridine rings is 1. The molecule has 1 N–H and O–H groups in total. The number of aryl methyl sites for hydroxylation is 1. The van der Waals surface area contributed by atoms with Gasteiger partial charge in [-0.3, -0.25) is 9.59 Å². The molecule has 4 rings (SSSR count). The summed E-state index contributed by atoms with van der Waals surface area (Å²) < 4.78 is 5.77. The number of ketones is 1. The number of nitrogens with zero attached hydrogens (tertiary/aromatic N) is 3. The Hall–Kier alpha value is -3.33. The number of hydrogen-bond acceptors (Lipinski definition) is 7. The third-order valence-electron chi connectivity index (χ3n) is 5.66. The monoisotopic (exact) mass is 568 g/mol. The number of aromatic nitrogens is 3. The van der Waals surface area contributed by atoms with Crippen molar-refractivity contribution in [2.24, 2.45) is 0 Å². The van der Waals surface area contributed by atoms with Gasteiger partial charge in [-0.15, -0.1) is 10.2 Å². The van der Waals surface area contributed by atoms with Crippen molar-refractivity contribution in [2.45, 2.75) is 45.1 Å². The van der Waals surface area contributed by atoms with Crippen LogP contribution < -0.4 is 10.1 Å². The van der Waals surface area contributed by atoms with Gasteiger partial charge in [0.2, 0.25) is 5.78 Å². The number of hydrogen-bond donors (Lipinski definition) is 1. The highest BCUT2D eigenvalue weighted by Crippen LogP contribution is 2.29. The Morgan fingerprint density at radius 1 is 0.842 bits per heavy atom. The number of ether oxygens (including phenoxy) is 1. The number of unbranched alkanes of at least 4 members (excludes halogenated alkanes) is 3. The first kappa shape index (κ1) is 27.7. The predicted octanol–water partition coefficient (Wildman–Crippen LogP) is 7.08. The Balaban J connectivity index is 1.17. The lowest BCUT2D eigenvalue weighted by atomic mass is 10.0. The van der Waals surface area contributed by atoms with Crippen LogP contribution in [0.25, 0.3) is 10.6 Å². The van der Waals surface area contributed by atoms with Crippen molar-refractivity contribution in [1.82, 2.24) is 20.5 Å². The number of carbonyl (C=O) groups excluding carboxylic acids is 2. The molecule has 0 atom stereocenters. The quantitative estimate of drug-likeness (QED) is 0.105. The molecule has 4 aromatic rings. The maximum absolute atomic E-state index is 12.2. The van der Waals surface area contributed by atoms with Gasteiger partial charge in [-0.25, -0.2) is 4.98 Å². The van der Waals surface area contributed by atoms with E-state index in [2.05, 4.69) is 32.6 Å². The van der Waals surface area contributed by atoms with Gasteiger partial charge in [0.05, 0.1) is 6.54 Å². The molecule has 0 saturated heterocycles. The molecule has 7 nitrogen and oxygen atoms in total. The Morgan fingerprint density at radius 3 is 2.29 bits per heavy atom. The van der Waals surface area contributed by atoms with Crippen molar-refractivity contribution in [2.75, 3.05) is 0 Å². The van der Waals surface area contributed by atoms with Crippen LogP contribution in [0.5, 0.6) is 11.5 Å². The number of Topliss-reactive ketones (excluding diaryl/α,β-unsaturated/α-hetero) is 1. The van der Waals surface area contributed by atoms with Crippen LogP contribution in [0.1, 0.15) is 42.7 Å². The topological polar surface area (TPSA) is 94.1 Å². The summed E-state index contributed by atoms with van der Waals surface area (Å²) in [6.07, 6.45) is 5.05. The van der Waals surface area contributed by atoms with E-state index in [1.54, 1.807) is 24.3 Å². The fourth-order valence-corrected chi connectivity index (χ4v) is 4.95. The van der Waals surface area contributed by atoms with Crippen LogP contribution in [-0.4, -0.2) is 26.9 Å². The van der Waals surface area contributed by atoms with Crippen molar-refractivity contribution < 1.29 is 14.3 Å². The third kappa shape index (κ3) is 8.62. The zero-order valence-electron chi connectivity index (χ0n) is 20.5. The van der Waals surface area contributed by atoms with E-state index in [1.165, 1.54) is 16.9 Å². The van der Waals surface area contributed by atoms with Gasteiger partial charge in [0, 0.05) is 24.1 Å². The molecule has 0 spiro atoms. The first-order valence-corrected chi connectivity index (χ1v) is 13.8. The van der Waals surface area contributed by atoms with E-state index in [1.807, 2.05) is 30.3 Å². The van der Waals surface area contributed by atoms with Gasteiger partial charge in [0.15, 0.2) is 0 Å². The van der Waals surface area contributed by atoms with E-state index in [9.17, 15) is 9.59 Å². The summed E-state index contributed by atoms with van der Waals surface area (Å²) in [4.78, 5) is 28.3. The summed E-state index contributed by atoms with van der Waals surface area (Å²) in [6.45, 7) is 0.157. The lowest BCUT2D eigenvalue weighted by molar-refractivity contribution is -0.138. The summed E-state index contributed by atoms with van der Waals surface area (Å²) in [5.41, 5.74) is 2.17. The summed E-state index contributed by atoms with van der Waals surface area (Å²) in [6, 6.07) is 20.8. The van der Waals surface area contributed by atoms with Gasteiger partial charge in [-0.05, 0) is 49.1 Å². The molecule has 0 aliphatic rings. The van der Waals surface area contributed by atoms with Gasteiger partial charge >= 0.3 is 0 Å². The fraction of sp³-hybridized carbons (Fsp3) is 0.250. The second-order valence-corrected chi connectivity index (χ2v) is 10.4. The average molecular weight is 570 g/mol. The molecule has 0 radical (unpaired) electrons. The standard InChI is InChI=1S/C28H26Cl2N4O3S/c29-24-16-22(17-25(30)32-24)37-21-14-12-20(13-15-21)28-34-33-26(38-28)18-31-27(36)23(35)11-7-2-1-4-8-19-9-5-3-6-10-19/h3,5-6,9-10,12-17H,1-2,4,7-8,11,18H2,(H,31,36). The second-order valence-electron chi connectivity index (χ2n) is 8.58. The number of benzene rings is 2. The van der Waals surface area contributed by atoms with E-state index in [0.29, 0.717) is 27.9 Å². The normalized spacial score (nSPS) is 10.8. The van der Waals surface area contributed by atoms with E-state index >= 15 is 0 Å². The van der Waals surface area contributed by atoms with Gasteiger partial charge in [0.1, 0.15) is 31.8 Å². The minimum absolute atomic E-state index is 0.157. The highest BCUT2D eigenvalue weighted by Gasteiger charge is 2.14. The van der Waals surface area contributed by atoms with E-state index in [4.69, 9.17) is 27.9 Å². The Labute approximate surface area is 235 Å². The minimum atomic E-state index is -0.580. The molecule has 196 valence electrons. The number of rotatable bonds is 13. The van der Waals surface area contributed by atoms with Crippen LogP contribution in [-0.2, 0) is 22.6 Å². The third-order valence-corrected chi connectivity index (χ3v) is 7.02. The second kappa shape index (κ2) is 14.0. The average Bonchev–Trinajstić information content (AvgIpc) is 3.38. The van der Waals surface area contributed by atoms with E-state index in [0.717, 1.165) is 31.2 Å². The first-order valence-electron chi connectivity index (χ1n) is 12.2. The minimum Gasteiger partial charge on any atom is -0.457 e. The van der Waals surface area contributed by atoms with Crippen molar-refractivity contribution in [3.63, 3.8) is 0 Å². The predicted molar refractivity (Wildman–Crippen MR) is 150 cm³/mol. The molecule has 2 aromatic carbocycles. The summed E-state index contributed by atoms with van der Waals surface area (Å²) in [5.74, 6) is 0.0992. The summed E-state index contributed by atoms with van der Waals surface area (Å²) in [5, 5.41) is 12.8. The molecular weight excluding hydrogens is 543 g/mol. The van der Waals surface area contributed by atoms with Gasteiger partial charge < -0.3 is 10.1 Å². The SMILES string of the molecule is O=C(CCCCCCc1ccccc1)C(=O)NCc1nnc(-c2ccc(Oc3cc(Cl)nc(Cl)c3)cc2)s1. The summed E-state index contributed by atoms with van der Waals surface area (Å²) in [7, 11) is 0. The fourth-order valence-electron chi connectivity index (χ4n) is 3.73. The summed E-state index contributed by atoms with van der Waals surface area (Å²) >= 11 is 13.2. The molecular formula is C28H26Cl2N4O3S. The van der Waals surface area contributed by atoms with Crippen LogP contribution in [0.3, 0.4) is 0 Å². The van der Waals surface area contributed by atoms with E-state index < -0.39 is 11.7 Å². The van der Waals surface area contributed by atoms with Crippen LogP contribution >= 0.6 is 34.5 Å². The number of amides is 1. The molecule has 2 heterocycles. The van der Waals surface area contributed by atoms with Gasteiger partial charge in [-0.2, -0.15) is 0 Å². The van der Waals surface area contributed by atoms with Gasteiger partial charge in [0.25, 0.3) is 5.91 Å². The van der Waals surface area contributed by atoms with Crippen LogP contribution in [0, 0.1) is 0 Å². The molecule has 0 aliphatic carbocycles. The number of nitrogens with one attached hydrogen (secondary N) is 1. The highest BCUT2D eigenvalue weighted by atomic mass is 35.5. The molecule has 10 heteroatoms. The van der Waals surface area contributed by atoms with Crippen LogP contribution in [0.4, 0.5) is 0 Å². The van der Waals surface area contributed by atoms with Crippen LogP contribution in [0.2, 0.25) is 10.3 Å². The lowest BCUT2D eigenvalue weighted by Crippen LogP contribution is -2.30. The molecule has 0 fully saturated rings. The van der Waals surface area contributed by atoms with Crippen molar-refractivity contribution >= 4 is 46.2 Å². The molecule has 2 aromatic heterocycles. The highest BCUT2D eigenvalue weighted by molar-refractivity contribution is 7.14. The molecule has 1 amide bonds. The largest absolute Gasteiger partial charge is 0.457 e. The van der Waals surface area contributed by atoms with Crippen LogP contribution in [0.15, 0.2) is 66.7 Å². The van der Waals surface area contributed by atoms with E-state index in [-0.39, 0.29) is 23.3 Å². The van der Waals surface area contributed by atoms with Gasteiger partial charge in [-0.1, -0.05) is 77.7 Å².